The molecule has 1 atom stereocenters. The summed E-state index contributed by atoms with van der Waals surface area (Å²) in [5.74, 6) is -1.94. The van der Waals surface area contributed by atoms with Crippen LogP contribution in [0.2, 0.25) is 5.02 Å². The summed E-state index contributed by atoms with van der Waals surface area (Å²) in [4.78, 5) is 30.8. The zero-order valence-corrected chi connectivity index (χ0v) is 28.8. The molecule has 0 bridgehead atoms. The number of carbonyl (C=O) groups is 2. The van der Waals surface area contributed by atoms with Crippen molar-refractivity contribution in [2.75, 3.05) is 11.5 Å². The van der Waals surface area contributed by atoms with E-state index < -0.39 is 29.0 Å². The lowest BCUT2D eigenvalue weighted by Crippen LogP contribution is -2.44. The summed E-state index contributed by atoms with van der Waals surface area (Å²) in [6, 6.07) is 21.3. The van der Waals surface area contributed by atoms with E-state index in [1.807, 2.05) is 63.2 Å². The molecule has 254 valence electrons. The van der Waals surface area contributed by atoms with Gasteiger partial charge >= 0.3 is 12.1 Å². The Morgan fingerprint density at radius 2 is 1.67 bits per heavy atom. The van der Waals surface area contributed by atoms with Crippen LogP contribution in [0.25, 0.3) is 5.69 Å². The maximum Gasteiger partial charge on any atom is 0.416 e. The summed E-state index contributed by atoms with van der Waals surface area (Å²) < 4.78 is 48.0. The number of ether oxygens (including phenoxy) is 1. The van der Waals surface area contributed by atoms with E-state index in [0.717, 1.165) is 22.7 Å². The SMILES string of the molecule is CCOC(=O)C1=C(N)N(c2ccc(C(F)(F)F)cc2)C2=C(C(=O)CC(C)(C)C2)C1c1c(C)nn(-c2ccccc2)c1Sc1ccc(Cl)cc1. The third-order valence-electron chi connectivity index (χ3n) is 8.59. The molecular weight excluding hydrogens is 673 g/mol. The Morgan fingerprint density at radius 3 is 2.29 bits per heavy atom. The molecule has 0 spiro atoms. The van der Waals surface area contributed by atoms with Gasteiger partial charge in [-0.15, -0.1) is 0 Å². The second kappa shape index (κ2) is 13.1. The van der Waals surface area contributed by atoms with Gasteiger partial charge in [0.2, 0.25) is 0 Å². The summed E-state index contributed by atoms with van der Waals surface area (Å²) in [7, 11) is 0. The van der Waals surface area contributed by atoms with Crippen molar-refractivity contribution in [3.63, 3.8) is 0 Å². The molecule has 0 amide bonds. The first-order chi connectivity index (χ1) is 23.2. The van der Waals surface area contributed by atoms with Gasteiger partial charge in [0, 0.05) is 38.9 Å². The number of hydrogen-bond donors (Lipinski definition) is 1. The first-order valence-electron chi connectivity index (χ1n) is 15.7. The van der Waals surface area contributed by atoms with E-state index in [-0.39, 0.29) is 35.9 Å². The van der Waals surface area contributed by atoms with Gasteiger partial charge < -0.3 is 10.5 Å². The van der Waals surface area contributed by atoms with Crippen LogP contribution in [0.5, 0.6) is 0 Å². The lowest BCUT2D eigenvalue weighted by atomic mass is 9.68. The Bertz CT molecular complexity index is 1990. The van der Waals surface area contributed by atoms with E-state index >= 15 is 0 Å². The number of nitrogens with zero attached hydrogens (tertiary/aromatic N) is 3. The standard InChI is InChI=1S/C37H34ClF3N4O3S/c1-5-48-35(47)32-31(29-21(2)43-45(25-9-7-6-8-10-25)34(29)49-26-17-13-23(38)14-18-26)30-27(19-36(3,4)20-28(30)46)44(33(32)42)24-15-11-22(12-16-24)37(39,40)41/h6-18,31H,5,19-20,42H2,1-4H3. The van der Waals surface area contributed by atoms with E-state index in [1.165, 1.54) is 23.9 Å². The van der Waals surface area contributed by atoms with Crippen molar-refractivity contribution in [3.8, 4) is 5.69 Å². The van der Waals surface area contributed by atoms with Crippen molar-refractivity contribution in [2.45, 2.75) is 62.6 Å². The minimum absolute atomic E-state index is 0.0159. The predicted molar refractivity (Wildman–Crippen MR) is 183 cm³/mol. The third kappa shape index (κ3) is 6.61. The summed E-state index contributed by atoms with van der Waals surface area (Å²) >= 11 is 7.61. The number of halogens is 4. The number of aromatic nitrogens is 2. The monoisotopic (exact) mass is 706 g/mol. The largest absolute Gasteiger partial charge is 0.463 e. The maximum absolute atomic E-state index is 14.4. The number of carbonyl (C=O) groups excluding carboxylic acids is 2. The van der Waals surface area contributed by atoms with Crippen LogP contribution in [-0.2, 0) is 20.5 Å². The van der Waals surface area contributed by atoms with Crippen LogP contribution in [-0.4, -0.2) is 28.1 Å². The number of para-hydroxylation sites is 1. The highest BCUT2D eigenvalue weighted by Crippen LogP contribution is 2.53. The van der Waals surface area contributed by atoms with E-state index in [0.29, 0.717) is 39.0 Å². The van der Waals surface area contributed by atoms with Crippen molar-refractivity contribution in [3.05, 3.63) is 123 Å². The highest BCUT2D eigenvalue weighted by atomic mass is 35.5. The molecule has 1 aliphatic carbocycles. The van der Waals surface area contributed by atoms with Gasteiger partial charge in [0.15, 0.2) is 5.78 Å². The lowest BCUT2D eigenvalue weighted by molar-refractivity contribution is -0.139. The number of ketones is 1. The minimum atomic E-state index is -4.55. The second-order valence-electron chi connectivity index (χ2n) is 12.7. The Morgan fingerprint density at radius 1 is 1.02 bits per heavy atom. The summed E-state index contributed by atoms with van der Waals surface area (Å²) in [6.07, 6.45) is -4.00. The van der Waals surface area contributed by atoms with Gasteiger partial charge in [-0.25, -0.2) is 9.48 Å². The first-order valence-corrected chi connectivity index (χ1v) is 16.9. The maximum atomic E-state index is 14.4. The molecular formula is C37H34ClF3N4O3S. The quantitative estimate of drug-likeness (QED) is 0.192. The molecule has 0 saturated heterocycles. The van der Waals surface area contributed by atoms with Crippen molar-refractivity contribution in [1.82, 2.24) is 9.78 Å². The highest BCUT2D eigenvalue weighted by molar-refractivity contribution is 7.99. The number of hydrogen-bond acceptors (Lipinski definition) is 7. The Labute approximate surface area is 291 Å². The van der Waals surface area contributed by atoms with Crippen LogP contribution in [0, 0.1) is 12.3 Å². The van der Waals surface area contributed by atoms with Crippen molar-refractivity contribution in [2.24, 2.45) is 11.1 Å². The molecule has 1 aromatic heterocycles. The minimum Gasteiger partial charge on any atom is -0.463 e. The lowest BCUT2D eigenvalue weighted by Gasteiger charge is -2.44. The number of benzene rings is 3. The predicted octanol–water partition coefficient (Wildman–Crippen LogP) is 8.98. The molecule has 2 N–H and O–H groups in total. The van der Waals surface area contributed by atoms with Crippen LogP contribution in [0.1, 0.15) is 56.4 Å². The topological polar surface area (TPSA) is 90.4 Å². The third-order valence-corrected chi connectivity index (χ3v) is 9.93. The fourth-order valence-electron chi connectivity index (χ4n) is 6.51. The van der Waals surface area contributed by atoms with Gasteiger partial charge in [-0.2, -0.15) is 18.3 Å². The van der Waals surface area contributed by atoms with Gasteiger partial charge in [0.25, 0.3) is 0 Å². The average molecular weight is 707 g/mol. The van der Waals surface area contributed by atoms with Crippen molar-refractivity contribution < 1.29 is 27.5 Å². The Balaban J connectivity index is 1.65. The number of esters is 1. The highest BCUT2D eigenvalue weighted by Gasteiger charge is 2.48. The van der Waals surface area contributed by atoms with Crippen LogP contribution in [0.3, 0.4) is 0 Å². The van der Waals surface area contributed by atoms with E-state index in [4.69, 9.17) is 27.2 Å². The summed E-state index contributed by atoms with van der Waals surface area (Å²) in [6.45, 7) is 7.43. The van der Waals surface area contributed by atoms with E-state index in [9.17, 15) is 22.8 Å². The molecule has 1 unspecified atom stereocenters. The van der Waals surface area contributed by atoms with Gasteiger partial charge in [0.05, 0.1) is 35.0 Å². The molecule has 3 aromatic carbocycles. The number of anilines is 1. The molecule has 0 saturated carbocycles. The fraction of sp³-hybridized carbons (Fsp3) is 0.270. The molecule has 7 nitrogen and oxygen atoms in total. The van der Waals surface area contributed by atoms with Crippen LogP contribution < -0.4 is 10.6 Å². The zero-order chi connectivity index (χ0) is 35.2. The normalized spacial score (nSPS) is 17.8. The van der Waals surface area contributed by atoms with Crippen molar-refractivity contribution >= 4 is 40.8 Å². The second-order valence-corrected chi connectivity index (χ2v) is 14.2. The number of Topliss-reactive ketones (excluding diaryl/α,β-unsaturated/α-hetero) is 1. The number of alkyl halides is 3. The molecule has 2 heterocycles. The Kier molecular flexibility index (Phi) is 9.19. The summed E-state index contributed by atoms with van der Waals surface area (Å²) in [5.41, 5.74) is 8.70. The van der Waals surface area contributed by atoms with Crippen LogP contribution >= 0.6 is 23.4 Å². The number of allylic oxidation sites excluding steroid dienone is 2. The van der Waals surface area contributed by atoms with Gasteiger partial charge in [-0.1, -0.05) is 55.4 Å². The molecule has 12 heteroatoms. The Hall–Kier alpha value is -4.48. The molecule has 2 aliphatic rings. The van der Waals surface area contributed by atoms with Gasteiger partial charge in [0.1, 0.15) is 10.8 Å². The molecule has 0 fully saturated rings. The van der Waals surface area contributed by atoms with Gasteiger partial charge in [-0.3, -0.25) is 9.69 Å². The molecule has 49 heavy (non-hydrogen) atoms. The molecule has 1 aliphatic heterocycles. The fourth-order valence-corrected chi connectivity index (χ4v) is 7.74. The van der Waals surface area contributed by atoms with Crippen LogP contribution in [0.4, 0.5) is 18.9 Å². The van der Waals surface area contributed by atoms with E-state index in [1.54, 1.807) is 28.6 Å². The zero-order valence-electron chi connectivity index (χ0n) is 27.3. The molecule has 0 radical (unpaired) electrons. The summed E-state index contributed by atoms with van der Waals surface area (Å²) in [5, 5.41) is 6.15. The number of rotatable bonds is 7. The number of aryl methyl sites for hydroxylation is 1. The van der Waals surface area contributed by atoms with Crippen molar-refractivity contribution in [1.29, 1.82) is 0 Å². The molecule has 6 rings (SSSR count). The van der Waals surface area contributed by atoms with Crippen LogP contribution in [0.15, 0.2) is 111 Å². The van der Waals surface area contributed by atoms with E-state index in [2.05, 4.69) is 0 Å². The number of nitrogens with two attached hydrogens (primary N) is 1. The smallest absolute Gasteiger partial charge is 0.416 e. The molecule has 4 aromatic rings. The van der Waals surface area contributed by atoms with Gasteiger partial charge in [-0.05, 0) is 86.3 Å². The average Bonchev–Trinajstić information content (AvgIpc) is 3.36. The first kappa shape index (κ1) is 34.4.